The first-order valence-corrected chi connectivity index (χ1v) is 6.54. The van der Waals surface area contributed by atoms with Crippen molar-refractivity contribution in [2.75, 3.05) is 13.1 Å². The van der Waals surface area contributed by atoms with E-state index in [2.05, 4.69) is 15.5 Å². The van der Waals surface area contributed by atoms with Crippen LogP contribution in [0.2, 0.25) is 5.02 Å². The van der Waals surface area contributed by atoms with Crippen LogP contribution in [0.1, 0.15) is 23.7 Å². The highest BCUT2D eigenvalue weighted by atomic mass is 35.5. The summed E-state index contributed by atoms with van der Waals surface area (Å²) in [5, 5.41) is 18.0. The SMILES string of the molecule is OC1(c2nc(Cc3cccc(Cl)c3)no2)CCNC1. The maximum Gasteiger partial charge on any atom is 0.259 e. The van der Waals surface area contributed by atoms with Crippen LogP contribution in [0.3, 0.4) is 0 Å². The van der Waals surface area contributed by atoms with Crippen molar-refractivity contribution in [1.82, 2.24) is 15.5 Å². The number of rotatable bonds is 3. The molecule has 6 heteroatoms. The smallest absolute Gasteiger partial charge is 0.259 e. The molecule has 2 heterocycles. The Hall–Kier alpha value is -1.43. The maximum absolute atomic E-state index is 10.3. The van der Waals surface area contributed by atoms with Gasteiger partial charge in [-0.25, -0.2) is 0 Å². The molecule has 0 amide bonds. The Kier molecular flexibility index (Phi) is 3.26. The number of nitrogens with one attached hydrogen (secondary N) is 1. The van der Waals surface area contributed by atoms with E-state index in [9.17, 15) is 5.11 Å². The Labute approximate surface area is 115 Å². The summed E-state index contributed by atoms with van der Waals surface area (Å²) in [4.78, 5) is 4.28. The van der Waals surface area contributed by atoms with Gasteiger partial charge in [0.25, 0.3) is 5.89 Å². The molecule has 0 saturated carbocycles. The molecule has 3 rings (SSSR count). The van der Waals surface area contributed by atoms with Gasteiger partial charge >= 0.3 is 0 Å². The van der Waals surface area contributed by atoms with Gasteiger partial charge in [-0.2, -0.15) is 4.98 Å². The molecular formula is C13H14ClN3O2. The minimum atomic E-state index is -1.03. The first-order valence-electron chi connectivity index (χ1n) is 6.16. The third kappa shape index (κ3) is 2.63. The second-order valence-electron chi connectivity index (χ2n) is 4.78. The summed E-state index contributed by atoms with van der Waals surface area (Å²) in [7, 11) is 0. The molecule has 2 N–H and O–H groups in total. The average Bonchev–Trinajstić information content (AvgIpc) is 2.99. The number of hydrogen-bond donors (Lipinski definition) is 2. The van der Waals surface area contributed by atoms with Crippen molar-refractivity contribution in [3.8, 4) is 0 Å². The van der Waals surface area contributed by atoms with E-state index in [0.717, 1.165) is 12.1 Å². The highest BCUT2D eigenvalue weighted by molar-refractivity contribution is 6.30. The Morgan fingerprint density at radius 1 is 1.47 bits per heavy atom. The van der Waals surface area contributed by atoms with Gasteiger partial charge in [-0.15, -0.1) is 0 Å². The van der Waals surface area contributed by atoms with Crippen LogP contribution in [0.15, 0.2) is 28.8 Å². The fraction of sp³-hybridized carbons (Fsp3) is 0.385. The number of halogens is 1. The van der Waals surface area contributed by atoms with Crippen molar-refractivity contribution in [3.05, 3.63) is 46.6 Å². The molecular weight excluding hydrogens is 266 g/mol. The molecule has 1 aromatic heterocycles. The predicted molar refractivity (Wildman–Crippen MR) is 69.9 cm³/mol. The van der Waals surface area contributed by atoms with Crippen LogP contribution >= 0.6 is 11.6 Å². The lowest BCUT2D eigenvalue weighted by molar-refractivity contribution is 0.0243. The topological polar surface area (TPSA) is 71.2 Å². The molecule has 1 fully saturated rings. The summed E-state index contributed by atoms with van der Waals surface area (Å²) in [6, 6.07) is 7.52. The summed E-state index contributed by atoms with van der Waals surface area (Å²) in [5.41, 5.74) is -0.0176. The second kappa shape index (κ2) is 4.92. The Balaban J connectivity index is 1.78. The predicted octanol–water partition coefficient (Wildman–Crippen LogP) is 1.49. The van der Waals surface area contributed by atoms with E-state index in [1.807, 2.05) is 24.3 Å². The Bertz CT molecular complexity index is 579. The van der Waals surface area contributed by atoms with Crippen LogP contribution < -0.4 is 5.32 Å². The van der Waals surface area contributed by atoms with Crippen molar-refractivity contribution in [2.45, 2.75) is 18.4 Å². The van der Waals surface area contributed by atoms with E-state index in [-0.39, 0.29) is 5.89 Å². The quantitative estimate of drug-likeness (QED) is 0.891. The molecule has 1 saturated heterocycles. The largest absolute Gasteiger partial charge is 0.379 e. The van der Waals surface area contributed by atoms with Crippen LogP contribution in [0.5, 0.6) is 0 Å². The van der Waals surface area contributed by atoms with Crippen molar-refractivity contribution in [1.29, 1.82) is 0 Å². The molecule has 0 radical (unpaired) electrons. The van der Waals surface area contributed by atoms with Gasteiger partial charge in [-0.05, 0) is 30.7 Å². The van der Waals surface area contributed by atoms with Gasteiger partial charge in [-0.1, -0.05) is 28.9 Å². The van der Waals surface area contributed by atoms with Gasteiger partial charge < -0.3 is 14.9 Å². The molecule has 0 bridgehead atoms. The number of aromatic nitrogens is 2. The Morgan fingerprint density at radius 3 is 3.11 bits per heavy atom. The van der Waals surface area contributed by atoms with Gasteiger partial charge in [-0.3, -0.25) is 0 Å². The molecule has 5 nitrogen and oxygen atoms in total. The lowest BCUT2D eigenvalue weighted by Crippen LogP contribution is -2.28. The highest BCUT2D eigenvalue weighted by Gasteiger charge is 2.38. The molecule has 0 aliphatic carbocycles. The summed E-state index contributed by atoms with van der Waals surface area (Å²) >= 11 is 5.93. The third-order valence-electron chi connectivity index (χ3n) is 3.25. The van der Waals surface area contributed by atoms with E-state index in [1.165, 1.54) is 0 Å². The molecule has 0 spiro atoms. The first kappa shape index (κ1) is 12.6. The van der Waals surface area contributed by atoms with Gasteiger partial charge in [0.2, 0.25) is 0 Å². The summed E-state index contributed by atoms with van der Waals surface area (Å²) in [6.07, 6.45) is 1.12. The number of aliphatic hydroxyl groups is 1. The fourth-order valence-corrected chi connectivity index (χ4v) is 2.42. The highest BCUT2D eigenvalue weighted by Crippen LogP contribution is 2.26. The third-order valence-corrected chi connectivity index (χ3v) is 3.49. The van der Waals surface area contributed by atoms with E-state index in [0.29, 0.717) is 30.2 Å². The number of hydrogen-bond acceptors (Lipinski definition) is 5. The van der Waals surface area contributed by atoms with E-state index < -0.39 is 5.60 Å². The number of benzene rings is 1. The van der Waals surface area contributed by atoms with Crippen LogP contribution in [-0.4, -0.2) is 28.3 Å². The minimum Gasteiger partial charge on any atom is -0.379 e. The lowest BCUT2D eigenvalue weighted by Gasteiger charge is -2.14. The zero-order chi connectivity index (χ0) is 13.3. The molecule has 1 aromatic carbocycles. The van der Waals surface area contributed by atoms with Crippen LogP contribution in [0.25, 0.3) is 0 Å². The zero-order valence-electron chi connectivity index (χ0n) is 10.3. The number of nitrogens with zero attached hydrogens (tertiary/aromatic N) is 2. The van der Waals surface area contributed by atoms with Crippen molar-refractivity contribution < 1.29 is 9.63 Å². The molecule has 1 aliphatic rings. The van der Waals surface area contributed by atoms with Crippen LogP contribution in [-0.2, 0) is 12.0 Å². The number of β-amino-alcohol motifs (C(OH)–C–C–N with tert-alkyl or cyclic N) is 1. The summed E-state index contributed by atoms with van der Waals surface area (Å²) in [5.74, 6) is 0.840. The first-order chi connectivity index (χ1) is 9.16. The van der Waals surface area contributed by atoms with Crippen molar-refractivity contribution in [2.24, 2.45) is 0 Å². The van der Waals surface area contributed by atoms with Gasteiger partial charge in [0, 0.05) is 18.0 Å². The summed E-state index contributed by atoms with van der Waals surface area (Å²) < 4.78 is 5.17. The zero-order valence-corrected chi connectivity index (χ0v) is 11.0. The van der Waals surface area contributed by atoms with E-state index >= 15 is 0 Å². The van der Waals surface area contributed by atoms with Crippen molar-refractivity contribution >= 4 is 11.6 Å². The molecule has 1 unspecified atom stereocenters. The van der Waals surface area contributed by atoms with E-state index in [4.69, 9.17) is 16.1 Å². The molecule has 100 valence electrons. The van der Waals surface area contributed by atoms with E-state index in [1.54, 1.807) is 0 Å². The molecule has 19 heavy (non-hydrogen) atoms. The summed E-state index contributed by atoms with van der Waals surface area (Å²) in [6.45, 7) is 1.20. The minimum absolute atomic E-state index is 0.287. The van der Waals surface area contributed by atoms with Crippen LogP contribution in [0, 0.1) is 0 Å². The monoisotopic (exact) mass is 279 g/mol. The van der Waals surface area contributed by atoms with Gasteiger partial charge in [0.15, 0.2) is 11.4 Å². The Morgan fingerprint density at radius 2 is 2.37 bits per heavy atom. The fourth-order valence-electron chi connectivity index (χ4n) is 2.21. The molecule has 1 atom stereocenters. The van der Waals surface area contributed by atoms with Gasteiger partial charge in [0.05, 0.1) is 0 Å². The second-order valence-corrected chi connectivity index (χ2v) is 5.22. The standard InChI is InChI=1S/C13H14ClN3O2/c14-10-3-1-2-9(6-10)7-11-16-12(19-17-11)13(18)4-5-15-8-13/h1-3,6,15,18H,4-5,7-8H2. The van der Waals surface area contributed by atoms with Crippen LogP contribution in [0.4, 0.5) is 0 Å². The molecule has 2 aromatic rings. The van der Waals surface area contributed by atoms with Gasteiger partial charge in [0.1, 0.15) is 0 Å². The maximum atomic E-state index is 10.3. The lowest BCUT2D eigenvalue weighted by atomic mass is 10.0. The normalized spacial score (nSPS) is 22.8. The van der Waals surface area contributed by atoms with Crippen molar-refractivity contribution in [3.63, 3.8) is 0 Å². The molecule has 1 aliphatic heterocycles. The average molecular weight is 280 g/mol.